The van der Waals surface area contributed by atoms with Crippen LogP contribution in [0.3, 0.4) is 0 Å². The van der Waals surface area contributed by atoms with Crippen molar-refractivity contribution in [2.24, 2.45) is 0 Å². The fourth-order valence-electron chi connectivity index (χ4n) is 3.67. The van der Waals surface area contributed by atoms with Gasteiger partial charge in [-0.25, -0.2) is 4.79 Å². The number of carbonyl (C=O) groups excluding carboxylic acids is 1. The summed E-state index contributed by atoms with van der Waals surface area (Å²) in [7, 11) is 0. The number of rotatable bonds is 5. The number of ether oxygens (including phenoxy) is 2. The standard InChI is InChI=1S/C18H34N2O3/c1-13(19-14(2)16-9-7-11-22-16)12-15-8-6-10-20(15)17(21)23-18(3,4)5/h13-16,19H,6-12H2,1-5H3. The Bertz CT molecular complexity index is 388. The van der Waals surface area contributed by atoms with Crippen LogP contribution in [0.1, 0.15) is 66.7 Å². The first kappa shape index (κ1) is 18.5. The number of hydrogen-bond donors (Lipinski definition) is 1. The molecule has 5 heteroatoms. The van der Waals surface area contributed by atoms with Crippen molar-refractivity contribution in [3.63, 3.8) is 0 Å². The van der Waals surface area contributed by atoms with Crippen LogP contribution < -0.4 is 5.32 Å². The molecular formula is C18H34N2O3. The SMILES string of the molecule is CC(CC1CCCN1C(=O)OC(C)(C)C)NC(C)C1CCCO1. The lowest BCUT2D eigenvalue weighted by molar-refractivity contribution is 0.0210. The van der Waals surface area contributed by atoms with Crippen molar-refractivity contribution in [1.82, 2.24) is 10.2 Å². The Balaban J connectivity index is 1.81. The average Bonchev–Trinajstić information content (AvgIpc) is 3.06. The molecule has 2 saturated heterocycles. The predicted molar refractivity (Wildman–Crippen MR) is 91.6 cm³/mol. The molecule has 4 atom stereocenters. The van der Waals surface area contributed by atoms with Gasteiger partial charge in [-0.1, -0.05) is 0 Å². The molecule has 0 aromatic heterocycles. The lowest BCUT2D eigenvalue weighted by atomic mass is 10.0. The minimum atomic E-state index is -0.428. The zero-order valence-corrected chi connectivity index (χ0v) is 15.4. The molecule has 0 aromatic carbocycles. The third-order valence-electron chi connectivity index (χ3n) is 4.70. The van der Waals surface area contributed by atoms with Crippen LogP contribution in [-0.2, 0) is 9.47 Å². The Morgan fingerprint density at radius 2 is 2.04 bits per heavy atom. The van der Waals surface area contributed by atoms with Crippen molar-refractivity contribution >= 4 is 6.09 Å². The first-order chi connectivity index (χ1) is 10.8. The summed E-state index contributed by atoms with van der Waals surface area (Å²) in [4.78, 5) is 14.3. The van der Waals surface area contributed by atoms with Crippen LogP contribution >= 0.6 is 0 Å². The lowest BCUT2D eigenvalue weighted by Gasteiger charge is -2.31. The van der Waals surface area contributed by atoms with E-state index in [1.807, 2.05) is 25.7 Å². The zero-order chi connectivity index (χ0) is 17.0. The molecule has 1 N–H and O–H groups in total. The van der Waals surface area contributed by atoms with Gasteiger partial charge in [0.2, 0.25) is 0 Å². The topological polar surface area (TPSA) is 50.8 Å². The molecular weight excluding hydrogens is 292 g/mol. The van der Waals surface area contributed by atoms with Gasteiger partial charge in [0.05, 0.1) is 6.10 Å². The molecule has 0 bridgehead atoms. The minimum Gasteiger partial charge on any atom is -0.444 e. The fourth-order valence-corrected chi connectivity index (χ4v) is 3.67. The molecule has 2 heterocycles. The second-order valence-electron chi connectivity index (χ2n) is 8.11. The Morgan fingerprint density at radius 1 is 1.30 bits per heavy atom. The predicted octanol–water partition coefficient (Wildman–Crippen LogP) is 3.32. The van der Waals surface area contributed by atoms with Crippen LogP contribution in [0.25, 0.3) is 0 Å². The van der Waals surface area contributed by atoms with E-state index in [4.69, 9.17) is 9.47 Å². The maximum Gasteiger partial charge on any atom is 0.410 e. The molecule has 0 saturated carbocycles. The van der Waals surface area contributed by atoms with E-state index >= 15 is 0 Å². The summed E-state index contributed by atoms with van der Waals surface area (Å²) in [5.74, 6) is 0. The highest BCUT2D eigenvalue weighted by Gasteiger charge is 2.33. The summed E-state index contributed by atoms with van der Waals surface area (Å²) in [6.45, 7) is 11.9. The van der Waals surface area contributed by atoms with Crippen molar-refractivity contribution in [3.8, 4) is 0 Å². The van der Waals surface area contributed by atoms with Gasteiger partial charge in [-0.15, -0.1) is 0 Å². The maximum atomic E-state index is 12.3. The summed E-state index contributed by atoms with van der Waals surface area (Å²) < 4.78 is 11.3. The van der Waals surface area contributed by atoms with E-state index in [1.165, 1.54) is 6.42 Å². The molecule has 5 nitrogen and oxygen atoms in total. The first-order valence-corrected chi connectivity index (χ1v) is 9.13. The van der Waals surface area contributed by atoms with Crippen LogP contribution in [-0.4, -0.2) is 54.0 Å². The van der Waals surface area contributed by atoms with Crippen molar-refractivity contribution < 1.29 is 14.3 Å². The molecule has 2 rings (SSSR count). The lowest BCUT2D eigenvalue weighted by Crippen LogP contribution is -2.46. The van der Waals surface area contributed by atoms with Gasteiger partial charge in [-0.2, -0.15) is 0 Å². The Labute approximate surface area is 141 Å². The largest absolute Gasteiger partial charge is 0.444 e. The molecule has 1 amide bonds. The first-order valence-electron chi connectivity index (χ1n) is 9.13. The molecule has 23 heavy (non-hydrogen) atoms. The molecule has 0 radical (unpaired) electrons. The number of likely N-dealkylation sites (tertiary alicyclic amines) is 1. The normalized spacial score (nSPS) is 28.0. The van der Waals surface area contributed by atoms with E-state index in [0.29, 0.717) is 18.2 Å². The molecule has 2 aliphatic rings. The Hall–Kier alpha value is -0.810. The molecule has 0 aromatic rings. The maximum absolute atomic E-state index is 12.3. The van der Waals surface area contributed by atoms with Gasteiger partial charge in [0.1, 0.15) is 5.60 Å². The van der Waals surface area contributed by atoms with Crippen molar-refractivity contribution in [2.75, 3.05) is 13.2 Å². The van der Waals surface area contributed by atoms with Gasteiger partial charge in [-0.05, 0) is 66.7 Å². The van der Waals surface area contributed by atoms with Gasteiger partial charge in [-0.3, -0.25) is 0 Å². The number of hydrogen-bond acceptors (Lipinski definition) is 4. The van der Waals surface area contributed by atoms with Crippen molar-refractivity contribution in [2.45, 2.75) is 96.6 Å². The van der Waals surface area contributed by atoms with Gasteiger partial charge in [0.15, 0.2) is 0 Å². The molecule has 2 aliphatic heterocycles. The van der Waals surface area contributed by atoms with Crippen molar-refractivity contribution in [1.29, 1.82) is 0 Å². The van der Waals surface area contributed by atoms with Gasteiger partial charge >= 0.3 is 6.09 Å². The van der Waals surface area contributed by atoms with E-state index in [9.17, 15) is 4.79 Å². The highest BCUT2D eigenvalue weighted by atomic mass is 16.6. The highest BCUT2D eigenvalue weighted by molar-refractivity contribution is 5.68. The summed E-state index contributed by atoms with van der Waals surface area (Å²) in [5.41, 5.74) is -0.428. The van der Waals surface area contributed by atoms with Crippen LogP contribution in [0.15, 0.2) is 0 Å². The highest BCUT2D eigenvalue weighted by Crippen LogP contribution is 2.24. The summed E-state index contributed by atoms with van der Waals surface area (Å²) >= 11 is 0. The van der Waals surface area contributed by atoms with E-state index in [2.05, 4.69) is 19.2 Å². The monoisotopic (exact) mass is 326 g/mol. The molecule has 4 unspecified atom stereocenters. The second-order valence-corrected chi connectivity index (χ2v) is 8.11. The summed E-state index contributed by atoms with van der Waals surface area (Å²) in [6, 6.07) is 1.01. The van der Waals surface area contributed by atoms with Crippen LogP contribution in [0.5, 0.6) is 0 Å². The molecule has 134 valence electrons. The minimum absolute atomic E-state index is 0.167. The number of carbonyl (C=O) groups is 1. The Morgan fingerprint density at radius 3 is 2.65 bits per heavy atom. The van der Waals surface area contributed by atoms with E-state index in [1.54, 1.807) is 0 Å². The number of nitrogens with one attached hydrogen (secondary N) is 1. The zero-order valence-electron chi connectivity index (χ0n) is 15.4. The third kappa shape index (κ3) is 5.64. The van der Waals surface area contributed by atoms with Gasteiger partial charge in [0, 0.05) is 31.3 Å². The number of nitrogens with zero attached hydrogens (tertiary/aromatic N) is 1. The average molecular weight is 326 g/mol. The van der Waals surface area contributed by atoms with E-state index in [-0.39, 0.29) is 12.1 Å². The summed E-state index contributed by atoms with van der Waals surface area (Å²) in [5, 5.41) is 3.65. The van der Waals surface area contributed by atoms with Crippen LogP contribution in [0.2, 0.25) is 0 Å². The van der Waals surface area contributed by atoms with E-state index in [0.717, 1.165) is 38.8 Å². The van der Waals surface area contributed by atoms with E-state index < -0.39 is 5.60 Å². The Kier molecular flexibility index (Phi) is 6.32. The molecule has 2 fully saturated rings. The van der Waals surface area contributed by atoms with Gasteiger partial charge < -0.3 is 19.7 Å². The second kappa shape index (κ2) is 7.84. The third-order valence-corrected chi connectivity index (χ3v) is 4.70. The number of amides is 1. The van der Waals surface area contributed by atoms with Crippen LogP contribution in [0, 0.1) is 0 Å². The molecule has 0 spiro atoms. The quantitative estimate of drug-likeness (QED) is 0.842. The smallest absolute Gasteiger partial charge is 0.410 e. The molecule has 0 aliphatic carbocycles. The summed E-state index contributed by atoms with van der Waals surface area (Å²) in [6.07, 6.45) is 5.59. The fraction of sp³-hybridized carbons (Fsp3) is 0.944. The van der Waals surface area contributed by atoms with Crippen LogP contribution in [0.4, 0.5) is 4.79 Å². The van der Waals surface area contributed by atoms with Crippen molar-refractivity contribution in [3.05, 3.63) is 0 Å². The van der Waals surface area contributed by atoms with Gasteiger partial charge in [0.25, 0.3) is 0 Å².